The average molecular weight is 339 g/mol. The molecular formula is C25H25N. The second kappa shape index (κ2) is 6.92. The lowest BCUT2D eigenvalue weighted by Crippen LogP contribution is -2.09. The molecule has 130 valence electrons. The largest absolute Gasteiger partial charge is 0.305 e. The van der Waals surface area contributed by atoms with E-state index in [0.29, 0.717) is 0 Å². The summed E-state index contributed by atoms with van der Waals surface area (Å²) in [6.45, 7) is 4.41. The van der Waals surface area contributed by atoms with Gasteiger partial charge < -0.3 is 5.41 Å². The zero-order valence-electron chi connectivity index (χ0n) is 15.5. The molecular weight excluding hydrogens is 314 g/mol. The Bertz CT molecular complexity index is 1010. The van der Waals surface area contributed by atoms with E-state index in [2.05, 4.69) is 80.6 Å². The van der Waals surface area contributed by atoms with Crippen molar-refractivity contribution in [2.45, 2.75) is 39.0 Å². The molecule has 0 fully saturated rings. The van der Waals surface area contributed by atoms with Gasteiger partial charge in [-0.15, -0.1) is 0 Å². The molecule has 0 spiro atoms. The molecule has 0 aromatic heterocycles. The van der Waals surface area contributed by atoms with Crippen LogP contribution in [0.4, 0.5) is 0 Å². The molecule has 3 aromatic carbocycles. The summed E-state index contributed by atoms with van der Waals surface area (Å²) in [4.78, 5) is 0. The van der Waals surface area contributed by atoms with Gasteiger partial charge in [0.15, 0.2) is 0 Å². The van der Waals surface area contributed by atoms with Gasteiger partial charge in [-0.2, -0.15) is 0 Å². The lowest BCUT2D eigenvalue weighted by Gasteiger charge is -2.21. The minimum absolute atomic E-state index is 0.257. The standard InChI is InChI=1S/C25H25N/c1-3-4-13-24(26)22-15-18-9-5-6-10-19(18)16-23(22)25-17(2)14-20-11-7-8-12-21(20)25/h5-12,14-16,25-26H,3-4,13H2,1-2H3. The monoisotopic (exact) mass is 339 g/mol. The first-order chi connectivity index (χ1) is 12.7. The molecule has 0 saturated heterocycles. The first-order valence-electron chi connectivity index (χ1n) is 9.56. The van der Waals surface area contributed by atoms with E-state index in [1.807, 2.05) is 0 Å². The highest BCUT2D eigenvalue weighted by molar-refractivity contribution is 6.03. The molecule has 0 amide bonds. The van der Waals surface area contributed by atoms with Gasteiger partial charge in [0.2, 0.25) is 0 Å². The summed E-state index contributed by atoms with van der Waals surface area (Å²) < 4.78 is 0. The molecule has 1 unspecified atom stereocenters. The van der Waals surface area contributed by atoms with Gasteiger partial charge in [0.05, 0.1) is 0 Å². The van der Waals surface area contributed by atoms with Crippen LogP contribution in [0.15, 0.2) is 66.2 Å². The predicted octanol–water partition coefficient (Wildman–Crippen LogP) is 6.95. The summed E-state index contributed by atoms with van der Waals surface area (Å²) in [6, 6.07) is 21.7. The lowest BCUT2D eigenvalue weighted by molar-refractivity contribution is 0.831. The number of fused-ring (bicyclic) bond motifs is 2. The van der Waals surface area contributed by atoms with E-state index in [1.54, 1.807) is 0 Å². The number of benzene rings is 3. The molecule has 26 heavy (non-hydrogen) atoms. The fourth-order valence-corrected chi connectivity index (χ4v) is 4.14. The van der Waals surface area contributed by atoms with Crippen LogP contribution in [0, 0.1) is 5.41 Å². The Kier molecular flexibility index (Phi) is 4.46. The SMILES string of the molecule is CCCCC(=N)c1cc2ccccc2cc1C1C(C)=Cc2ccccc21. The van der Waals surface area contributed by atoms with Crippen molar-refractivity contribution >= 4 is 22.6 Å². The van der Waals surface area contributed by atoms with E-state index in [0.717, 1.165) is 30.5 Å². The highest BCUT2D eigenvalue weighted by Gasteiger charge is 2.27. The zero-order chi connectivity index (χ0) is 18.1. The number of rotatable bonds is 5. The molecule has 1 aliphatic carbocycles. The van der Waals surface area contributed by atoms with E-state index in [-0.39, 0.29) is 5.92 Å². The molecule has 0 radical (unpaired) electrons. The molecule has 0 aliphatic heterocycles. The van der Waals surface area contributed by atoms with Crippen LogP contribution in [-0.4, -0.2) is 5.71 Å². The summed E-state index contributed by atoms with van der Waals surface area (Å²) in [6.07, 6.45) is 5.34. The Balaban J connectivity index is 1.91. The van der Waals surface area contributed by atoms with E-state index in [1.165, 1.54) is 33.0 Å². The van der Waals surface area contributed by atoms with Crippen molar-refractivity contribution in [3.63, 3.8) is 0 Å². The van der Waals surface area contributed by atoms with Gasteiger partial charge in [0, 0.05) is 11.6 Å². The van der Waals surface area contributed by atoms with Crippen molar-refractivity contribution in [1.29, 1.82) is 5.41 Å². The van der Waals surface area contributed by atoms with Crippen molar-refractivity contribution in [2.24, 2.45) is 0 Å². The number of allylic oxidation sites excluding steroid dienone is 1. The van der Waals surface area contributed by atoms with Crippen LogP contribution >= 0.6 is 0 Å². The van der Waals surface area contributed by atoms with Crippen LogP contribution in [0.1, 0.15) is 61.3 Å². The third kappa shape index (κ3) is 2.88. The van der Waals surface area contributed by atoms with Crippen molar-refractivity contribution < 1.29 is 0 Å². The summed E-state index contributed by atoms with van der Waals surface area (Å²) >= 11 is 0. The predicted molar refractivity (Wildman–Crippen MR) is 112 cm³/mol. The second-order valence-corrected chi connectivity index (χ2v) is 7.32. The normalized spacial score (nSPS) is 15.8. The minimum atomic E-state index is 0.257. The Morgan fingerprint density at radius 1 is 0.923 bits per heavy atom. The van der Waals surface area contributed by atoms with Gasteiger partial charge >= 0.3 is 0 Å². The van der Waals surface area contributed by atoms with Gasteiger partial charge in [-0.1, -0.05) is 73.5 Å². The summed E-state index contributed by atoms with van der Waals surface area (Å²) in [5, 5.41) is 11.2. The van der Waals surface area contributed by atoms with E-state index >= 15 is 0 Å². The Labute approximate surface area is 155 Å². The maximum absolute atomic E-state index is 8.74. The van der Waals surface area contributed by atoms with Crippen molar-refractivity contribution in [1.82, 2.24) is 0 Å². The number of nitrogens with one attached hydrogen (secondary N) is 1. The topological polar surface area (TPSA) is 23.9 Å². The number of hydrogen-bond donors (Lipinski definition) is 1. The maximum atomic E-state index is 8.74. The summed E-state index contributed by atoms with van der Waals surface area (Å²) in [7, 11) is 0. The van der Waals surface area contributed by atoms with Crippen LogP contribution < -0.4 is 0 Å². The fourth-order valence-electron chi connectivity index (χ4n) is 4.14. The average Bonchev–Trinajstić information content (AvgIpc) is 3.00. The van der Waals surface area contributed by atoms with Crippen LogP contribution in [0.2, 0.25) is 0 Å². The maximum Gasteiger partial charge on any atom is 0.0389 e. The third-order valence-corrected chi connectivity index (χ3v) is 5.48. The number of hydrogen-bond acceptors (Lipinski definition) is 1. The first-order valence-corrected chi connectivity index (χ1v) is 9.56. The van der Waals surface area contributed by atoms with Crippen LogP contribution in [0.25, 0.3) is 16.8 Å². The highest BCUT2D eigenvalue weighted by Crippen LogP contribution is 2.43. The van der Waals surface area contributed by atoms with Gasteiger partial charge in [0.25, 0.3) is 0 Å². The smallest absolute Gasteiger partial charge is 0.0389 e. The van der Waals surface area contributed by atoms with Crippen molar-refractivity contribution in [2.75, 3.05) is 0 Å². The van der Waals surface area contributed by atoms with Crippen LogP contribution in [0.5, 0.6) is 0 Å². The molecule has 1 atom stereocenters. The summed E-state index contributed by atoms with van der Waals surface area (Å²) in [5.74, 6) is 0.257. The Morgan fingerprint density at radius 2 is 1.62 bits per heavy atom. The van der Waals surface area contributed by atoms with E-state index < -0.39 is 0 Å². The second-order valence-electron chi connectivity index (χ2n) is 7.32. The van der Waals surface area contributed by atoms with Gasteiger partial charge in [0.1, 0.15) is 0 Å². The first kappa shape index (κ1) is 16.8. The quantitative estimate of drug-likeness (QED) is 0.486. The zero-order valence-corrected chi connectivity index (χ0v) is 15.5. The molecule has 3 aromatic rings. The summed E-state index contributed by atoms with van der Waals surface area (Å²) in [5.41, 5.74) is 7.21. The third-order valence-electron chi connectivity index (χ3n) is 5.48. The van der Waals surface area contributed by atoms with Gasteiger partial charge in [-0.05, 0) is 64.9 Å². The Morgan fingerprint density at radius 3 is 2.38 bits per heavy atom. The van der Waals surface area contributed by atoms with Gasteiger partial charge in [-0.25, -0.2) is 0 Å². The lowest BCUT2D eigenvalue weighted by atomic mass is 9.83. The van der Waals surface area contributed by atoms with E-state index in [9.17, 15) is 0 Å². The van der Waals surface area contributed by atoms with E-state index in [4.69, 9.17) is 5.41 Å². The molecule has 1 N–H and O–H groups in total. The molecule has 0 heterocycles. The van der Waals surface area contributed by atoms with Crippen molar-refractivity contribution in [3.8, 4) is 0 Å². The van der Waals surface area contributed by atoms with Crippen LogP contribution in [-0.2, 0) is 0 Å². The highest BCUT2D eigenvalue weighted by atomic mass is 14.4. The van der Waals surface area contributed by atoms with Crippen LogP contribution in [0.3, 0.4) is 0 Å². The molecule has 1 nitrogen and oxygen atoms in total. The van der Waals surface area contributed by atoms with Gasteiger partial charge in [-0.3, -0.25) is 0 Å². The molecule has 1 heteroatoms. The Hall–Kier alpha value is -2.67. The molecule has 0 bridgehead atoms. The molecule has 1 aliphatic rings. The molecule has 4 rings (SSSR count). The number of unbranched alkanes of at least 4 members (excludes halogenated alkanes) is 1. The fraction of sp³-hybridized carbons (Fsp3) is 0.240. The minimum Gasteiger partial charge on any atom is -0.305 e. The van der Waals surface area contributed by atoms with Crippen molar-refractivity contribution in [3.05, 3.63) is 88.5 Å². The molecule has 0 saturated carbocycles.